The monoisotopic (exact) mass is 364 g/mol. The maximum Gasteiger partial charge on any atom is 0.164 e. The van der Waals surface area contributed by atoms with Crippen molar-refractivity contribution in [1.29, 1.82) is 0 Å². The van der Waals surface area contributed by atoms with Crippen LogP contribution < -0.4 is 0 Å². The maximum atomic E-state index is 12.2. The van der Waals surface area contributed by atoms with Crippen molar-refractivity contribution in [2.45, 2.75) is 19.3 Å². The predicted octanol–water partition coefficient (Wildman–Crippen LogP) is 3.94. The van der Waals surface area contributed by atoms with E-state index in [-0.39, 0.29) is 5.78 Å². The molecule has 1 aromatic carbocycles. The summed E-state index contributed by atoms with van der Waals surface area (Å²) in [4.78, 5) is 12.2. The van der Waals surface area contributed by atoms with Crippen LogP contribution in [0.3, 0.4) is 0 Å². The standard InChI is InChI=1S/C13H14ClIO2/c14-10-1-2-12(15)11(8-10)13(16)7-9-3-5-17-6-4-9/h1-2,8-9H,3-7H2. The second-order valence-electron chi connectivity index (χ2n) is 4.31. The van der Waals surface area contributed by atoms with Crippen molar-refractivity contribution in [2.75, 3.05) is 13.2 Å². The first-order chi connectivity index (χ1) is 8.16. The lowest BCUT2D eigenvalue weighted by atomic mass is 9.92. The van der Waals surface area contributed by atoms with E-state index in [9.17, 15) is 4.79 Å². The van der Waals surface area contributed by atoms with E-state index in [2.05, 4.69) is 22.6 Å². The van der Waals surface area contributed by atoms with Crippen molar-refractivity contribution >= 4 is 40.0 Å². The summed E-state index contributed by atoms with van der Waals surface area (Å²) in [5, 5.41) is 0.626. The van der Waals surface area contributed by atoms with E-state index in [1.807, 2.05) is 12.1 Å². The van der Waals surface area contributed by atoms with Crippen LogP contribution in [0.15, 0.2) is 18.2 Å². The highest BCUT2D eigenvalue weighted by Gasteiger charge is 2.19. The Bertz CT molecular complexity index is 414. The molecular formula is C13H14ClIO2. The molecule has 0 amide bonds. The number of Topliss-reactive ketones (excluding diaryl/α,β-unsaturated/α-hetero) is 1. The Morgan fingerprint density at radius 2 is 2.12 bits per heavy atom. The van der Waals surface area contributed by atoms with E-state index in [0.29, 0.717) is 17.4 Å². The number of benzene rings is 1. The summed E-state index contributed by atoms with van der Waals surface area (Å²) in [6, 6.07) is 5.47. The van der Waals surface area contributed by atoms with Gasteiger partial charge in [-0.2, -0.15) is 0 Å². The molecule has 2 rings (SSSR count). The van der Waals surface area contributed by atoms with Gasteiger partial charge in [-0.1, -0.05) is 11.6 Å². The molecule has 0 aliphatic carbocycles. The average molecular weight is 365 g/mol. The van der Waals surface area contributed by atoms with Gasteiger partial charge in [0.25, 0.3) is 0 Å². The minimum absolute atomic E-state index is 0.198. The number of halogens is 2. The van der Waals surface area contributed by atoms with Crippen LogP contribution in [0.4, 0.5) is 0 Å². The molecule has 2 nitrogen and oxygen atoms in total. The first-order valence-corrected chi connectivity index (χ1v) is 7.18. The predicted molar refractivity (Wildman–Crippen MR) is 76.7 cm³/mol. The Kier molecular flexibility index (Phi) is 4.82. The molecule has 1 saturated heterocycles. The van der Waals surface area contributed by atoms with Crippen molar-refractivity contribution < 1.29 is 9.53 Å². The number of hydrogen-bond donors (Lipinski definition) is 0. The van der Waals surface area contributed by atoms with Crippen molar-refractivity contribution in [1.82, 2.24) is 0 Å². The molecule has 0 aromatic heterocycles. The summed E-state index contributed by atoms with van der Waals surface area (Å²) >= 11 is 8.11. The molecule has 0 spiro atoms. The van der Waals surface area contributed by atoms with Gasteiger partial charge in [-0.25, -0.2) is 0 Å². The molecule has 0 saturated carbocycles. The van der Waals surface area contributed by atoms with Gasteiger partial charge in [-0.05, 0) is 59.5 Å². The highest BCUT2D eigenvalue weighted by molar-refractivity contribution is 14.1. The number of hydrogen-bond acceptors (Lipinski definition) is 2. The minimum atomic E-state index is 0.198. The zero-order chi connectivity index (χ0) is 12.3. The third-order valence-corrected chi connectivity index (χ3v) is 4.22. The fourth-order valence-electron chi connectivity index (χ4n) is 2.03. The molecule has 0 radical (unpaired) electrons. The highest BCUT2D eigenvalue weighted by Crippen LogP contribution is 2.24. The summed E-state index contributed by atoms with van der Waals surface area (Å²) in [5.74, 6) is 0.662. The Hall–Kier alpha value is -0.130. The number of ether oxygens (including phenoxy) is 1. The Morgan fingerprint density at radius 1 is 1.41 bits per heavy atom. The number of carbonyl (C=O) groups excluding carboxylic acids is 1. The van der Waals surface area contributed by atoms with Crippen LogP contribution >= 0.6 is 34.2 Å². The molecule has 1 heterocycles. The molecule has 1 aromatic rings. The summed E-state index contributed by atoms with van der Waals surface area (Å²) in [7, 11) is 0. The molecule has 4 heteroatoms. The van der Waals surface area contributed by atoms with Gasteiger partial charge in [-0.15, -0.1) is 0 Å². The summed E-state index contributed by atoms with van der Waals surface area (Å²) in [6.45, 7) is 1.56. The summed E-state index contributed by atoms with van der Waals surface area (Å²) in [6.07, 6.45) is 2.59. The third-order valence-electron chi connectivity index (χ3n) is 3.04. The van der Waals surface area contributed by atoms with Gasteiger partial charge < -0.3 is 4.74 Å². The quantitative estimate of drug-likeness (QED) is 0.600. The highest BCUT2D eigenvalue weighted by atomic mass is 127. The zero-order valence-electron chi connectivity index (χ0n) is 9.42. The molecule has 0 bridgehead atoms. The SMILES string of the molecule is O=C(CC1CCOCC1)c1cc(Cl)ccc1I. The Labute approximate surface area is 120 Å². The van der Waals surface area contributed by atoms with Gasteiger partial charge in [-0.3, -0.25) is 4.79 Å². The molecule has 1 aliphatic rings. The van der Waals surface area contributed by atoms with E-state index in [1.165, 1.54) is 0 Å². The van der Waals surface area contributed by atoms with E-state index in [1.54, 1.807) is 6.07 Å². The summed E-state index contributed by atoms with van der Waals surface area (Å²) < 4.78 is 6.27. The van der Waals surface area contributed by atoms with Gasteiger partial charge in [0, 0.05) is 33.8 Å². The molecule has 92 valence electrons. The van der Waals surface area contributed by atoms with Gasteiger partial charge >= 0.3 is 0 Å². The lowest BCUT2D eigenvalue weighted by molar-refractivity contribution is 0.0601. The Balaban J connectivity index is 2.05. The van der Waals surface area contributed by atoms with E-state index >= 15 is 0 Å². The van der Waals surface area contributed by atoms with Crippen molar-refractivity contribution in [3.05, 3.63) is 32.4 Å². The maximum absolute atomic E-state index is 12.2. The van der Waals surface area contributed by atoms with E-state index in [4.69, 9.17) is 16.3 Å². The second kappa shape index (κ2) is 6.16. The van der Waals surface area contributed by atoms with Crippen LogP contribution in [0.5, 0.6) is 0 Å². The topological polar surface area (TPSA) is 26.3 Å². The van der Waals surface area contributed by atoms with Crippen molar-refractivity contribution in [3.63, 3.8) is 0 Å². The molecule has 0 N–H and O–H groups in total. The Morgan fingerprint density at radius 3 is 2.82 bits per heavy atom. The van der Waals surface area contributed by atoms with Crippen LogP contribution in [0.2, 0.25) is 5.02 Å². The van der Waals surface area contributed by atoms with Gasteiger partial charge in [0.15, 0.2) is 5.78 Å². The van der Waals surface area contributed by atoms with Crippen molar-refractivity contribution in [3.8, 4) is 0 Å². The third kappa shape index (κ3) is 3.66. The largest absolute Gasteiger partial charge is 0.381 e. The molecule has 1 aliphatic heterocycles. The number of carbonyl (C=O) groups is 1. The van der Waals surface area contributed by atoms with Gasteiger partial charge in [0.2, 0.25) is 0 Å². The minimum Gasteiger partial charge on any atom is -0.381 e. The fourth-order valence-corrected chi connectivity index (χ4v) is 2.84. The fraction of sp³-hybridized carbons (Fsp3) is 0.462. The van der Waals surface area contributed by atoms with Crippen LogP contribution in [0.1, 0.15) is 29.6 Å². The number of rotatable bonds is 3. The molecule has 0 unspecified atom stereocenters. The molecule has 17 heavy (non-hydrogen) atoms. The van der Waals surface area contributed by atoms with E-state index < -0.39 is 0 Å². The lowest BCUT2D eigenvalue weighted by Gasteiger charge is -2.21. The van der Waals surface area contributed by atoms with Gasteiger partial charge in [0.1, 0.15) is 0 Å². The average Bonchev–Trinajstić information content (AvgIpc) is 2.33. The van der Waals surface area contributed by atoms with Gasteiger partial charge in [0.05, 0.1) is 0 Å². The van der Waals surface area contributed by atoms with E-state index in [0.717, 1.165) is 35.2 Å². The molecule has 1 fully saturated rings. The van der Waals surface area contributed by atoms with Crippen molar-refractivity contribution in [2.24, 2.45) is 5.92 Å². The van der Waals surface area contributed by atoms with Crippen LogP contribution in [0, 0.1) is 9.49 Å². The lowest BCUT2D eigenvalue weighted by Crippen LogP contribution is -2.19. The summed E-state index contributed by atoms with van der Waals surface area (Å²) in [5.41, 5.74) is 0.754. The normalized spacial score (nSPS) is 17.1. The smallest absolute Gasteiger partial charge is 0.164 e. The van der Waals surface area contributed by atoms with Crippen LogP contribution in [-0.2, 0) is 4.74 Å². The number of ketones is 1. The molecule has 0 atom stereocenters. The second-order valence-corrected chi connectivity index (χ2v) is 5.91. The van der Waals surface area contributed by atoms with Crippen LogP contribution in [-0.4, -0.2) is 19.0 Å². The van der Waals surface area contributed by atoms with Crippen LogP contribution in [0.25, 0.3) is 0 Å². The zero-order valence-corrected chi connectivity index (χ0v) is 12.3. The molecular weight excluding hydrogens is 350 g/mol. The first-order valence-electron chi connectivity index (χ1n) is 5.73. The first kappa shape index (κ1) is 13.3.